The topological polar surface area (TPSA) is 0 Å². The summed E-state index contributed by atoms with van der Waals surface area (Å²) in [5, 5.41) is 4.12. The van der Waals surface area contributed by atoms with Crippen molar-refractivity contribution < 1.29 is 57.7 Å². The Hall–Kier alpha value is -3.40. The van der Waals surface area contributed by atoms with Crippen LogP contribution >= 0.6 is 0 Å². The van der Waals surface area contributed by atoms with Crippen molar-refractivity contribution in [2.24, 2.45) is 0 Å². The van der Waals surface area contributed by atoms with Crippen LogP contribution < -0.4 is 52.8 Å². The fourth-order valence-corrected chi connectivity index (χ4v) is 16.0. The molecule has 0 heterocycles. The van der Waals surface area contributed by atoms with Gasteiger partial charge in [-0.15, -0.1) is 0 Å². The van der Waals surface area contributed by atoms with Gasteiger partial charge in [0.05, 0.1) is 0 Å². The van der Waals surface area contributed by atoms with Crippen molar-refractivity contribution in [1.82, 2.24) is 0 Å². The van der Waals surface area contributed by atoms with E-state index in [4.69, 9.17) is 0 Å². The van der Waals surface area contributed by atoms with Gasteiger partial charge >= 0.3 is 314 Å². The van der Waals surface area contributed by atoms with Gasteiger partial charge in [-0.3, -0.25) is 0 Å². The molecule has 0 N–H and O–H groups in total. The first-order valence-corrected chi connectivity index (χ1v) is 20.5. The average Bonchev–Trinajstić information content (AvgIpc) is 3.28. The van der Waals surface area contributed by atoms with Crippen LogP contribution in [0.2, 0.25) is 5.04 Å². The van der Waals surface area contributed by atoms with Crippen molar-refractivity contribution in [3.63, 3.8) is 0 Å². The number of hydrogen-bond acceptors (Lipinski definition) is 0. The fourth-order valence-electron chi connectivity index (χ4n) is 8.45. The van der Waals surface area contributed by atoms with Gasteiger partial charge in [-0.05, 0) is 0 Å². The second kappa shape index (κ2) is 17.0. The summed E-state index contributed by atoms with van der Waals surface area (Å²) in [6.45, 7) is 16.1. The summed E-state index contributed by atoms with van der Waals surface area (Å²) < 4.78 is 1.49. The smallest absolute Gasteiger partial charge is 1.00 e. The van der Waals surface area contributed by atoms with Crippen LogP contribution in [-0.2, 0) is 20.4 Å². The van der Waals surface area contributed by atoms with Gasteiger partial charge in [-0.1, -0.05) is 0 Å². The Morgan fingerprint density at radius 3 is 0.943 bits per heavy atom. The Balaban J connectivity index is 0.00000209. The van der Waals surface area contributed by atoms with E-state index in [0.29, 0.717) is 0 Å². The molecule has 0 saturated heterocycles. The molecule has 0 bridgehead atoms. The summed E-state index contributed by atoms with van der Waals surface area (Å²) in [5.74, 6) is 0. The van der Waals surface area contributed by atoms with Gasteiger partial charge in [0.25, 0.3) is 0 Å². The molecule has 1 aliphatic carbocycles. The summed E-state index contributed by atoms with van der Waals surface area (Å²) in [5.41, 5.74) is 15.8. The van der Waals surface area contributed by atoms with Gasteiger partial charge in [-0.25, -0.2) is 0 Å². The van der Waals surface area contributed by atoms with Gasteiger partial charge in [0.15, 0.2) is 0 Å². The van der Waals surface area contributed by atoms with E-state index in [1.54, 1.807) is 0 Å². The van der Waals surface area contributed by atoms with Crippen molar-refractivity contribution in [1.29, 1.82) is 0 Å². The molecule has 266 valence electrons. The molecule has 0 amide bonds. The van der Waals surface area contributed by atoms with E-state index in [1.165, 1.54) is 86.2 Å². The molecule has 1 aliphatic rings. The SMILES string of the molecule is CC1=C(C)C(C)([Si](c2ccc(-c3cccc(C)c3)cc2)(c2ccc(-c3cccc(C)c3)cc2)c2ccc(-c3cccc(C)c3)cc2)[C]([Ti+3])=C1C.[Cl-].[Cl-].[Cl-]. The molecule has 53 heavy (non-hydrogen) atoms. The third-order valence-corrected chi connectivity index (χ3v) is 19.0. The minimum Gasteiger partial charge on any atom is -1.00 e. The molecule has 6 aromatic carbocycles. The number of aryl methyl sites for hydroxylation is 3. The standard InChI is InChI=1S/C48H45Si.3ClH.Ti/c1-33-11-8-14-42(29-33)39-17-23-45(24-18-39)49(48(7)32-36(4)37(5)38(48)6,46-25-19-40(20-26-46)43-15-9-12-34(2)30-43)47-27-21-41(22-28-47)44-16-10-13-35(3)31-44;;;;/h8-31H,1-7H3;3*1H;/q;;;;+3/p-3. The van der Waals surface area contributed by atoms with Crippen molar-refractivity contribution in [2.45, 2.75) is 53.5 Å². The molecular weight excluding hydrogens is 759 g/mol. The Kier molecular flexibility index (Phi) is 13.5. The summed E-state index contributed by atoms with van der Waals surface area (Å²) in [7, 11) is -2.84. The minimum absolute atomic E-state index is 0. The van der Waals surface area contributed by atoms with Gasteiger partial charge < -0.3 is 37.2 Å². The van der Waals surface area contributed by atoms with Crippen LogP contribution in [0.25, 0.3) is 33.4 Å². The molecule has 0 radical (unpaired) electrons. The summed E-state index contributed by atoms with van der Waals surface area (Å²) in [6, 6.07) is 55.5. The summed E-state index contributed by atoms with van der Waals surface area (Å²) in [6.07, 6.45) is 0. The fraction of sp³-hybridized carbons (Fsp3) is 0.167. The third-order valence-electron chi connectivity index (χ3n) is 11.5. The maximum atomic E-state index is 2.56. The predicted molar refractivity (Wildman–Crippen MR) is 214 cm³/mol. The molecule has 0 fully saturated rings. The largest absolute Gasteiger partial charge is 1.00 e. The summed E-state index contributed by atoms with van der Waals surface area (Å²) in [4.78, 5) is 0. The Labute approximate surface area is 348 Å². The molecule has 1 unspecified atom stereocenters. The number of benzene rings is 6. The molecule has 5 heteroatoms. The van der Waals surface area contributed by atoms with E-state index in [0.717, 1.165) is 0 Å². The number of allylic oxidation sites excluding steroid dienone is 4. The minimum atomic E-state index is -2.84. The molecule has 0 aromatic heterocycles. The normalized spacial score (nSPS) is 15.4. The van der Waals surface area contributed by atoms with Crippen molar-refractivity contribution in [3.8, 4) is 33.4 Å². The molecular formula is C48H45Cl3SiTi. The molecule has 0 aliphatic heterocycles. The first-order valence-electron chi connectivity index (χ1n) is 17.7. The van der Waals surface area contributed by atoms with E-state index in [2.05, 4.69) is 214 Å². The maximum absolute atomic E-state index is 2.84. The van der Waals surface area contributed by atoms with Crippen molar-refractivity contribution >= 4 is 23.6 Å². The van der Waals surface area contributed by atoms with E-state index < -0.39 is 8.07 Å². The first kappa shape index (κ1) is 42.3. The van der Waals surface area contributed by atoms with Gasteiger partial charge in [0.2, 0.25) is 0 Å². The third kappa shape index (κ3) is 7.38. The maximum Gasteiger partial charge on any atom is -1.00 e. The van der Waals surface area contributed by atoms with Crippen LogP contribution in [0.1, 0.15) is 44.4 Å². The molecule has 7 rings (SSSR count). The van der Waals surface area contributed by atoms with E-state index in [9.17, 15) is 0 Å². The Bertz CT molecular complexity index is 2050. The van der Waals surface area contributed by atoms with Gasteiger partial charge in [0.1, 0.15) is 0 Å². The average molecular weight is 804 g/mol. The van der Waals surface area contributed by atoms with Crippen LogP contribution in [0.5, 0.6) is 0 Å². The second-order valence-corrected chi connectivity index (χ2v) is 19.5. The Morgan fingerprint density at radius 2 is 0.698 bits per heavy atom. The van der Waals surface area contributed by atoms with Gasteiger partial charge in [0, 0.05) is 0 Å². The molecule has 0 nitrogen and oxygen atoms in total. The zero-order chi connectivity index (χ0) is 35.2. The zero-order valence-electron chi connectivity index (χ0n) is 31.5. The van der Waals surface area contributed by atoms with Crippen LogP contribution in [0, 0.1) is 20.8 Å². The van der Waals surface area contributed by atoms with E-state index >= 15 is 0 Å². The first-order chi connectivity index (χ1) is 24.0. The number of halogens is 3. The van der Waals surface area contributed by atoms with Crippen molar-refractivity contribution in [3.05, 3.63) is 183 Å². The number of hydrogen-bond donors (Lipinski definition) is 0. The van der Waals surface area contributed by atoms with E-state index in [1.807, 2.05) is 0 Å². The Morgan fingerprint density at radius 1 is 0.396 bits per heavy atom. The molecule has 0 saturated carbocycles. The zero-order valence-corrected chi connectivity index (χ0v) is 36.3. The van der Waals surface area contributed by atoms with Crippen LogP contribution in [-0.4, -0.2) is 8.07 Å². The molecule has 1 atom stereocenters. The van der Waals surface area contributed by atoms with Crippen molar-refractivity contribution in [2.75, 3.05) is 0 Å². The molecule has 6 aromatic rings. The summed E-state index contributed by atoms with van der Waals surface area (Å²) >= 11 is 2.40. The van der Waals surface area contributed by atoms with Crippen LogP contribution in [0.3, 0.4) is 0 Å². The number of rotatable bonds is 7. The van der Waals surface area contributed by atoms with Gasteiger partial charge in [-0.2, -0.15) is 0 Å². The quantitative estimate of drug-likeness (QED) is 0.172. The monoisotopic (exact) mass is 802 g/mol. The van der Waals surface area contributed by atoms with E-state index in [-0.39, 0.29) is 42.3 Å². The van der Waals surface area contributed by atoms with Crippen LogP contribution in [0.4, 0.5) is 0 Å². The molecule has 0 spiro atoms. The van der Waals surface area contributed by atoms with Crippen LogP contribution in [0.15, 0.2) is 166 Å². The second-order valence-electron chi connectivity index (χ2n) is 14.5. The predicted octanol–water partition coefficient (Wildman–Crippen LogP) is 2.03.